The highest BCUT2D eigenvalue weighted by Crippen LogP contribution is 2.17. The van der Waals surface area contributed by atoms with Gasteiger partial charge in [-0.1, -0.05) is 0 Å². The van der Waals surface area contributed by atoms with Gasteiger partial charge in [0.15, 0.2) is 5.03 Å². The number of halogens is 3. The lowest BCUT2D eigenvalue weighted by molar-refractivity contribution is 0.606. The molecule has 0 saturated carbocycles. The van der Waals surface area contributed by atoms with Crippen LogP contribution in [0.4, 0.5) is 0 Å². The van der Waals surface area contributed by atoms with E-state index in [0.29, 0.717) is 3.70 Å². The van der Waals surface area contributed by atoms with Crippen LogP contribution in [0.5, 0.6) is 0 Å². The van der Waals surface area contributed by atoms with E-state index in [4.69, 9.17) is 10.7 Å². The second-order valence-corrected chi connectivity index (χ2v) is 6.56. The van der Waals surface area contributed by atoms with Crippen LogP contribution in [0, 0.1) is 7.27 Å². The summed E-state index contributed by atoms with van der Waals surface area (Å²) in [6, 6.07) is 3.04. The first-order valence-electron chi connectivity index (χ1n) is 2.68. The number of pyridine rings is 1. The van der Waals surface area contributed by atoms with Crippen LogP contribution in [0.25, 0.3) is 0 Å². The summed E-state index contributed by atoms with van der Waals surface area (Å²) in [6.07, 6.45) is 0. The van der Waals surface area contributed by atoms with E-state index in [-0.39, 0.29) is 5.03 Å². The van der Waals surface area contributed by atoms with Gasteiger partial charge in [-0.2, -0.15) is 0 Å². The Hall–Kier alpha value is 0.850. The molecule has 0 aliphatic heterocycles. The van der Waals surface area contributed by atoms with Crippen molar-refractivity contribution in [3.63, 3.8) is 0 Å². The maximum atomic E-state index is 10.8. The van der Waals surface area contributed by atoms with Gasteiger partial charge in [0.2, 0.25) is 0 Å². The molecule has 0 spiro atoms. The molecule has 0 aliphatic rings. The molecule has 0 atom stereocenters. The Morgan fingerprint density at radius 1 is 1.33 bits per heavy atom. The fourth-order valence-corrected chi connectivity index (χ4v) is 2.13. The van der Waals surface area contributed by atoms with E-state index in [0.717, 1.165) is 3.57 Å². The molecule has 12 heavy (non-hydrogen) atoms. The minimum atomic E-state index is -3.69. The van der Waals surface area contributed by atoms with E-state index < -0.39 is 9.05 Å². The fourth-order valence-electron chi connectivity index (χ4n) is 0.536. The molecule has 66 valence electrons. The van der Waals surface area contributed by atoms with Crippen molar-refractivity contribution in [3.8, 4) is 0 Å². The zero-order valence-electron chi connectivity index (χ0n) is 5.46. The van der Waals surface area contributed by atoms with Gasteiger partial charge in [0, 0.05) is 14.3 Å². The Bertz CT molecular complexity index is 406. The van der Waals surface area contributed by atoms with E-state index in [1.165, 1.54) is 6.07 Å². The topological polar surface area (TPSA) is 47.0 Å². The Morgan fingerprint density at radius 2 is 1.92 bits per heavy atom. The normalized spacial score (nSPS) is 11.6. The molecule has 1 rings (SSSR count). The molecule has 1 aromatic heterocycles. The third-order valence-corrected chi connectivity index (χ3v) is 4.95. The number of hydrogen-bond acceptors (Lipinski definition) is 3. The predicted molar refractivity (Wildman–Crippen MR) is 62.7 cm³/mol. The largest absolute Gasteiger partial charge is 0.278 e. The van der Waals surface area contributed by atoms with Gasteiger partial charge in [-0.15, -0.1) is 0 Å². The van der Waals surface area contributed by atoms with Crippen molar-refractivity contribution in [3.05, 3.63) is 19.4 Å². The average Bonchev–Trinajstić information content (AvgIpc) is 1.92. The summed E-state index contributed by atoms with van der Waals surface area (Å²) in [4.78, 5) is 3.80. The minimum Gasteiger partial charge on any atom is -0.228 e. The summed E-state index contributed by atoms with van der Waals surface area (Å²) >= 11 is 4.01. The monoisotopic (exact) mass is 429 g/mol. The van der Waals surface area contributed by atoms with Crippen molar-refractivity contribution in [1.29, 1.82) is 0 Å². The Morgan fingerprint density at radius 3 is 2.33 bits per heavy atom. The van der Waals surface area contributed by atoms with Gasteiger partial charge in [-0.3, -0.25) is 0 Å². The molecule has 0 unspecified atom stereocenters. The van der Waals surface area contributed by atoms with Gasteiger partial charge < -0.3 is 0 Å². The first kappa shape index (κ1) is 10.9. The maximum absolute atomic E-state index is 10.8. The zero-order chi connectivity index (χ0) is 9.35. The van der Waals surface area contributed by atoms with Gasteiger partial charge in [-0.25, -0.2) is 13.4 Å². The van der Waals surface area contributed by atoms with Crippen LogP contribution in [0.15, 0.2) is 17.2 Å². The molecule has 0 saturated heterocycles. The van der Waals surface area contributed by atoms with Crippen LogP contribution in [-0.4, -0.2) is 13.4 Å². The van der Waals surface area contributed by atoms with Gasteiger partial charge in [0.05, 0.1) is 0 Å². The molecule has 0 aromatic carbocycles. The highest BCUT2D eigenvalue weighted by Gasteiger charge is 2.12. The third kappa shape index (κ3) is 2.67. The van der Waals surface area contributed by atoms with Gasteiger partial charge in [0.25, 0.3) is 9.05 Å². The highest BCUT2D eigenvalue weighted by molar-refractivity contribution is 14.1. The Kier molecular flexibility index (Phi) is 3.58. The molecule has 0 radical (unpaired) electrons. The van der Waals surface area contributed by atoms with Gasteiger partial charge in [0.1, 0.15) is 3.70 Å². The first-order chi connectivity index (χ1) is 5.41. The van der Waals surface area contributed by atoms with E-state index in [1.807, 2.05) is 22.6 Å². The molecule has 0 N–H and O–H groups in total. The lowest BCUT2D eigenvalue weighted by Crippen LogP contribution is -1.97. The molecular formula is C5H2ClI2NO2S. The van der Waals surface area contributed by atoms with E-state index in [9.17, 15) is 8.42 Å². The van der Waals surface area contributed by atoms with Crippen molar-refractivity contribution in [1.82, 2.24) is 4.98 Å². The smallest absolute Gasteiger partial charge is 0.228 e. The fraction of sp³-hybridized carbons (Fsp3) is 0. The van der Waals surface area contributed by atoms with Crippen LogP contribution in [-0.2, 0) is 9.05 Å². The van der Waals surface area contributed by atoms with Gasteiger partial charge >= 0.3 is 0 Å². The molecular weight excluding hydrogens is 427 g/mol. The molecule has 1 heterocycles. The van der Waals surface area contributed by atoms with Crippen molar-refractivity contribution < 1.29 is 8.42 Å². The lowest BCUT2D eigenvalue weighted by atomic mass is 10.5. The van der Waals surface area contributed by atoms with Crippen molar-refractivity contribution >= 4 is 64.9 Å². The van der Waals surface area contributed by atoms with Crippen molar-refractivity contribution in [2.24, 2.45) is 0 Å². The van der Waals surface area contributed by atoms with Gasteiger partial charge in [-0.05, 0) is 57.3 Å². The van der Waals surface area contributed by atoms with E-state index in [1.54, 1.807) is 6.07 Å². The Balaban J connectivity index is 3.33. The van der Waals surface area contributed by atoms with Crippen LogP contribution < -0.4 is 0 Å². The number of hydrogen-bond donors (Lipinski definition) is 0. The SMILES string of the molecule is O=S(=O)(Cl)c1ccc(I)c(I)n1. The number of rotatable bonds is 1. The molecule has 3 nitrogen and oxygen atoms in total. The summed E-state index contributed by atoms with van der Waals surface area (Å²) in [6.45, 7) is 0. The maximum Gasteiger partial charge on any atom is 0.278 e. The number of nitrogens with zero attached hydrogens (tertiary/aromatic N) is 1. The number of aromatic nitrogens is 1. The van der Waals surface area contributed by atoms with E-state index in [2.05, 4.69) is 27.6 Å². The first-order valence-corrected chi connectivity index (χ1v) is 7.14. The van der Waals surface area contributed by atoms with E-state index >= 15 is 0 Å². The summed E-state index contributed by atoms with van der Waals surface area (Å²) in [5, 5.41) is -0.103. The summed E-state index contributed by atoms with van der Waals surface area (Å²) < 4.78 is 23.1. The quantitative estimate of drug-likeness (QED) is 0.391. The summed E-state index contributed by atoms with van der Waals surface area (Å²) in [7, 11) is 1.40. The Labute approximate surface area is 102 Å². The third-order valence-electron chi connectivity index (χ3n) is 1.03. The van der Waals surface area contributed by atoms with Crippen molar-refractivity contribution in [2.45, 2.75) is 5.03 Å². The van der Waals surface area contributed by atoms with Crippen LogP contribution in [0.3, 0.4) is 0 Å². The molecule has 0 bridgehead atoms. The summed E-state index contributed by atoms with van der Waals surface area (Å²) in [5.41, 5.74) is 0. The summed E-state index contributed by atoms with van der Waals surface area (Å²) in [5.74, 6) is 0. The standard InChI is InChI=1S/C5H2ClI2NO2S/c6-12(10,11)4-2-1-3(7)5(8)9-4/h1-2H. The zero-order valence-corrected chi connectivity index (χ0v) is 11.3. The second kappa shape index (κ2) is 3.93. The second-order valence-electron chi connectivity index (χ2n) is 1.86. The average molecular weight is 429 g/mol. The predicted octanol–water partition coefficient (Wildman–Crippen LogP) is 2.22. The minimum absolute atomic E-state index is 0.103. The molecule has 0 fully saturated rings. The highest BCUT2D eigenvalue weighted by atomic mass is 127. The molecule has 0 aliphatic carbocycles. The lowest BCUT2D eigenvalue weighted by Gasteiger charge is -1.97. The molecule has 1 aromatic rings. The van der Waals surface area contributed by atoms with Crippen molar-refractivity contribution in [2.75, 3.05) is 0 Å². The van der Waals surface area contributed by atoms with Crippen LogP contribution >= 0.6 is 55.9 Å². The molecule has 0 amide bonds. The molecule has 7 heteroatoms. The van der Waals surface area contributed by atoms with Crippen LogP contribution in [0.1, 0.15) is 0 Å². The van der Waals surface area contributed by atoms with Crippen LogP contribution in [0.2, 0.25) is 0 Å².